The van der Waals surface area contributed by atoms with Crippen LogP contribution in [0.25, 0.3) is 16.8 Å². The number of esters is 1. The quantitative estimate of drug-likeness (QED) is 0.0350. The van der Waals surface area contributed by atoms with Crippen molar-refractivity contribution in [2.75, 3.05) is 39.9 Å². The average Bonchev–Trinajstić information content (AvgIpc) is 3.14. The van der Waals surface area contributed by atoms with Gasteiger partial charge < -0.3 is 23.8 Å². The summed E-state index contributed by atoms with van der Waals surface area (Å²) in [4.78, 5) is 24.7. The van der Waals surface area contributed by atoms with Crippen LogP contribution in [0.2, 0.25) is 51.4 Å². The number of nitrogens with zero attached hydrogens (tertiary/aromatic N) is 4. The number of allylic oxidation sites excluding steroid dienone is 2. The Morgan fingerprint density at radius 3 is 2.02 bits per heavy atom. The molecule has 1 fully saturated rings. The van der Waals surface area contributed by atoms with Gasteiger partial charge in [0, 0.05) is 59.0 Å². The van der Waals surface area contributed by atoms with E-state index in [1.807, 2.05) is 51.2 Å². The zero-order chi connectivity index (χ0) is 40.2. The molecule has 4 rings (SSSR count). The van der Waals surface area contributed by atoms with Gasteiger partial charge in [-0.15, -0.1) is 0 Å². The number of pyridine rings is 1. The molecule has 12 heteroatoms. The minimum atomic E-state index is -1.33. The number of carbonyl (C=O) groups excluding carboxylic acids is 1. The predicted molar refractivity (Wildman–Crippen MR) is 230 cm³/mol. The van der Waals surface area contributed by atoms with Crippen LogP contribution in [-0.2, 0) is 23.7 Å². The highest BCUT2D eigenvalue weighted by atomic mass is 28.3. The molecule has 0 bridgehead atoms. The minimum Gasteiger partial charge on any atom is -0.494 e. The van der Waals surface area contributed by atoms with Crippen molar-refractivity contribution in [3.05, 3.63) is 83.8 Å². The number of hydrogen-bond acceptors (Lipinski definition) is 10. The third-order valence-corrected chi connectivity index (χ3v) is 13.6. The normalized spacial score (nSPS) is 18.9. The van der Waals surface area contributed by atoms with E-state index >= 15 is 0 Å². The van der Waals surface area contributed by atoms with Gasteiger partial charge in [-0.25, -0.2) is 15.8 Å². The molecule has 2 N–H and O–H groups in total. The molecular weight excluding hydrogens is 723 g/mol. The van der Waals surface area contributed by atoms with Gasteiger partial charge in [0.15, 0.2) is 5.82 Å². The van der Waals surface area contributed by atoms with Gasteiger partial charge in [0.25, 0.3) is 0 Å². The Hall–Kier alpha value is -3.56. The Balaban J connectivity index is 1.82. The number of ether oxygens (including phenoxy) is 4. The minimum absolute atomic E-state index is 0.0956. The molecule has 1 aromatic carbocycles. The molecule has 1 saturated carbocycles. The summed E-state index contributed by atoms with van der Waals surface area (Å²) in [6.07, 6.45) is 5.85. The number of carbonyl (C=O) groups is 1. The van der Waals surface area contributed by atoms with Crippen LogP contribution in [-0.4, -0.2) is 82.6 Å². The summed E-state index contributed by atoms with van der Waals surface area (Å²) < 4.78 is 24.4. The fourth-order valence-corrected chi connectivity index (χ4v) is 8.34. The summed E-state index contributed by atoms with van der Waals surface area (Å²) in [7, 11) is -2.67. The van der Waals surface area contributed by atoms with Gasteiger partial charge in [-0.1, -0.05) is 82.3 Å². The SMILES string of the molecule is C=C(OCC)C1=C(N(COCC[Si](C)(C)C)COCC[Si](C)(C)C)N(N)/C(=C(\C)c2ccc(-c3ccccc3)nc2)N=C1C1CCC(CC(=O)OCC)CC1. The summed E-state index contributed by atoms with van der Waals surface area (Å²) in [5, 5.41) is 1.67. The average molecular weight is 790 g/mol. The maximum atomic E-state index is 12.4. The van der Waals surface area contributed by atoms with Gasteiger partial charge >= 0.3 is 5.97 Å². The monoisotopic (exact) mass is 789 g/mol. The summed E-state index contributed by atoms with van der Waals surface area (Å²) in [6, 6.07) is 16.4. The first-order chi connectivity index (χ1) is 26.1. The summed E-state index contributed by atoms with van der Waals surface area (Å²) >= 11 is 0. The lowest BCUT2D eigenvalue weighted by molar-refractivity contribution is -0.144. The van der Waals surface area contributed by atoms with Crippen LogP contribution in [0.1, 0.15) is 58.4 Å². The number of aliphatic imine (C=N–C) groups is 1. The van der Waals surface area contributed by atoms with E-state index in [0.717, 1.165) is 71.5 Å². The number of benzene rings is 1. The van der Waals surface area contributed by atoms with Crippen molar-refractivity contribution in [1.29, 1.82) is 0 Å². The molecule has 1 aliphatic carbocycles. The van der Waals surface area contributed by atoms with Crippen LogP contribution in [0.4, 0.5) is 0 Å². The molecule has 55 heavy (non-hydrogen) atoms. The molecule has 0 unspecified atom stereocenters. The summed E-state index contributed by atoms with van der Waals surface area (Å²) in [5.41, 5.74) is 5.42. The zero-order valence-electron chi connectivity index (χ0n) is 35.1. The van der Waals surface area contributed by atoms with E-state index in [0.29, 0.717) is 50.2 Å². The van der Waals surface area contributed by atoms with E-state index in [2.05, 4.69) is 69.0 Å². The number of aromatic nitrogens is 1. The molecule has 302 valence electrons. The van der Waals surface area contributed by atoms with E-state index in [4.69, 9.17) is 34.8 Å². The first-order valence-corrected chi connectivity index (χ1v) is 27.5. The first-order valence-electron chi connectivity index (χ1n) is 20.1. The molecule has 2 aromatic rings. The highest BCUT2D eigenvalue weighted by Crippen LogP contribution is 2.40. The third kappa shape index (κ3) is 13.3. The van der Waals surface area contributed by atoms with E-state index in [9.17, 15) is 4.79 Å². The fourth-order valence-electron chi connectivity index (χ4n) is 6.83. The molecule has 0 atom stereocenters. The first kappa shape index (κ1) is 44.2. The zero-order valence-corrected chi connectivity index (χ0v) is 37.1. The summed E-state index contributed by atoms with van der Waals surface area (Å²) in [5.74, 6) is 9.33. The van der Waals surface area contributed by atoms with Crippen LogP contribution in [0.15, 0.2) is 83.2 Å². The lowest BCUT2D eigenvalue weighted by atomic mass is 9.76. The van der Waals surface area contributed by atoms with Gasteiger partial charge in [0.05, 0.1) is 30.2 Å². The molecule has 1 aromatic heterocycles. The van der Waals surface area contributed by atoms with Crippen molar-refractivity contribution >= 4 is 33.4 Å². The lowest BCUT2D eigenvalue weighted by Gasteiger charge is -2.40. The van der Waals surface area contributed by atoms with Crippen LogP contribution in [0, 0.1) is 11.8 Å². The predicted octanol–water partition coefficient (Wildman–Crippen LogP) is 9.52. The highest BCUT2D eigenvalue weighted by molar-refractivity contribution is 6.76. The maximum Gasteiger partial charge on any atom is 0.306 e. The molecule has 0 spiro atoms. The Kier molecular flexibility index (Phi) is 16.5. The van der Waals surface area contributed by atoms with Crippen molar-refractivity contribution in [3.8, 4) is 11.3 Å². The van der Waals surface area contributed by atoms with Crippen LogP contribution in [0.5, 0.6) is 0 Å². The Morgan fingerprint density at radius 2 is 1.49 bits per heavy atom. The molecule has 1 aliphatic heterocycles. The van der Waals surface area contributed by atoms with Crippen molar-refractivity contribution < 1.29 is 23.7 Å². The van der Waals surface area contributed by atoms with Crippen molar-refractivity contribution in [3.63, 3.8) is 0 Å². The van der Waals surface area contributed by atoms with E-state index in [1.54, 1.807) is 5.01 Å². The van der Waals surface area contributed by atoms with E-state index in [-0.39, 0.29) is 31.3 Å². The summed E-state index contributed by atoms with van der Waals surface area (Å²) in [6.45, 7) is 27.1. The van der Waals surface area contributed by atoms with Gasteiger partial charge in [0.1, 0.15) is 25.0 Å². The number of rotatable bonds is 20. The lowest BCUT2D eigenvalue weighted by Crippen LogP contribution is -2.46. The Bertz CT molecular complexity index is 1630. The molecule has 0 amide bonds. The molecule has 10 nitrogen and oxygen atoms in total. The second-order valence-electron chi connectivity index (χ2n) is 17.1. The van der Waals surface area contributed by atoms with Gasteiger partial charge in [-0.2, -0.15) is 0 Å². The van der Waals surface area contributed by atoms with Crippen LogP contribution < -0.4 is 5.84 Å². The molecule has 2 heterocycles. The molecule has 0 saturated heterocycles. The van der Waals surface area contributed by atoms with Crippen molar-refractivity contribution in [2.45, 2.75) is 104 Å². The Labute approximate surface area is 332 Å². The second kappa shape index (κ2) is 20.6. The third-order valence-electron chi connectivity index (χ3n) is 10.1. The van der Waals surface area contributed by atoms with Gasteiger partial charge in [-0.3, -0.25) is 9.78 Å². The van der Waals surface area contributed by atoms with Crippen LogP contribution in [0.3, 0.4) is 0 Å². The highest BCUT2D eigenvalue weighted by Gasteiger charge is 2.38. The molecule has 0 radical (unpaired) electrons. The Morgan fingerprint density at radius 1 is 0.891 bits per heavy atom. The number of nitrogens with two attached hydrogens (primary N) is 1. The van der Waals surface area contributed by atoms with Gasteiger partial charge in [0.2, 0.25) is 0 Å². The van der Waals surface area contributed by atoms with E-state index in [1.165, 1.54) is 0 Å². The smallest absolute Gasteiger partial charge is 0.306 e. The number of hydrogen-bond donors (Lipinski definition) is 1. The fraction of sp³-hybridized carbons (Fsp3) is 0.558. The maximum absolute atomic E-state index is 12.4. The van der Waals surface area contributed by atoms with Gasteiger partial charge in [-0.05, 0) is 76.1 Å². The topological polar surface area (TPSA) is 112 Å². The molecule has 2 aliphatic rings. The van der Waals surface area contributed by atoms with Crippen molar-refractivity contribution in [1.82, 2.24) is 14.9 Å². The standard InChI is InChI=1S/C43H67N5O5Si2/c1-11-52-33(4)40-41(36-20-18-34(19-21-36)28-39(49)53-12-2)46-42(32(3)37-22-23-38(45-29-37)35-16-14-13-15-17-35)48(44)43(40)47(30-50-24-26-54(5,6)7)31-51-25-27-55(8,9)10/h13-17,22-23,29,34,36H,4,11-12,18-21,24-28,30-31,44H2,1-3,5-10H3/b42-32+. The van der Waals surface area contributed by atoms with Crippen LogP contribution >= 0.6 is 0 Å². The van der Waals surface area contributed by atoms with E-state index < -0.39 is 16.1 Å². The molecular formula is C43H67N5O5Si2. The number of hydrazine groups is 1. The largest absolute Gasteiger partial charge is 0.494 e. The van der Waals surface area contributed by atoms with Crippen molar-refractivity contribution in [2.24, 2.45) is 22.7 Å². The second-order valence-corrected chi connectivity index (χ2v) is 28.4.